The lowest BCUT2D eigenvalue weighted by Crippen LogP contribution is -2.38. The van der Waals surface area contributed by atoms with Gasteiger partial charge < -0.3 is 0 Å². The van der Waals surface area contributed by atoms with Crippen molar-refractivity contribution in [2.45, 2.75) is 38.3 Å². The predicted octanol–water partition coefficient (Wildman–Crippen LogP) is 4.11. The first kappa shape index (κ1) is 14.0. The van der Waals surface area contributed by atoms with Crippen LogP contribution in [0, 0.1) is 0 Å². The number of unbranched alkanes of at least 4 members (excludes halogenated alkanes) is 2. The minimum atomic E-state index is -5.41. The SMILES string of the molecule is CCCCCSCC(F)(F)C(F)(F)F. The van der Waals surface area contributed by atoms with Crippen LogP contribution in [-0.2, 0) is 0 Å². The van der Waals surface area contributed by atoms with Crippen LogP contribution in [0.4, 0.5) is 22.0 Å². The summed E-state index contributed by atoms with van der Waals surface area (Å²) in [4.78, 5) is 0. The number of halogens is 5. The average Bonchev–Trinajstić information content (AvgIpc) is 2.02. The van der Waals surface area contributed by atoms with Crippen LogP contribution >= 0.6 is 11.8 Å². The number of thioether (sulfide) groups is 1. The summed E-state index contributed by atoms with van der Waals surface area (Å²) >= 11 is 0.657. The minimum absolute atomic E-state index is 0.361. The van der Waals surface area contributed by atoms with E-state index in [2.05, 4.69) is 0 Å². The first-order valence-electron chi connectivity index (χ1n) is 4.33. The molecule has 0 aliphatic heterocycles. The Morgan fingerprint density at radius 2 is 1.57 bits per heavy atom. The van der Waals surface area contributed by atoms with Crippen molar-refractivity contribution < 1.29 is 22.0 Å². The van der Waals surface area contributed by atoms with Gasteiger partial charge in [-0.05, 0) is 12.2 Å². The molecule has 0 spiro atoms. The molecule has 0 atom stereocenters. The summed E-state index contributed by atoms with van der Waals surface area (Å²) in [6, 6.07) is 0. The molecule has 0 heterocycles. The van der Waals surface area contributed by atoms with E-state index in [-0.39, 0.29) is 0 Å². The molecule has 0 N–H and O–H groups in total. The Labute approximate surface area is 84.2 Å². The Kier molecular flexibility index (Phi) is 5.78. The monoisotopic (exact) mass is 236 g/mol. The van der Waals surface area contributed by atoms with Crippen molar-refractivity contribution in [2.75, 3.05) is 11.5 Å². The number of hydrogen-bond donors (Lipinski definition) is 0. The fourth-order valence-corrected chi connectivity index (χ4v) is 1.71. The maximum atomic E-state index is 12.3. The lowest BCUT2D eigenvalue weighted by atomic mass is 10.3. The van der Waals surface area contributed by atoms with Crippen LogP contribution in [0.15, 0.2) is 0 Å². The van der Waals surface area contributed by atoms with Crippen LogP contribution in [-0.4, -0.2) is 23.6 Å². The Bertz CT molecular complexity index is 154. The molecular formula is C8H13F5S. The van der Waals surface area contributed by atoms with Crippen LogP contribution in [0.2, 0.25) is 0 Å². The molecule has 0 fully saturated rings. The van der Waals surface area contributed by atoms with E-state index in [0.717, 1.165) is 12.8 Å². The summed E-state index contributed by atoms with van der Waals surface area (Å²) in [6.07, 6.45) is -2.93. The minimum Gasteiger partial charge on any atom is -0.195 e. The molecule has 0 amide bonds. The van der Waals surface area contributed by atoms with Crippen molar-refractivity contribution >= 4 is 11.8 Å². The van der Waals surface area contributed by atoms with Gasteiger partial charge in [-0.25, -0.2) is 0 Å². The zero-order valence-electron chi connectivity index (χ0n) is 7.83. The second kappa shape index (κ2) is 5.78. The van der Waals surface area contributed by atoms with Gasteiger partial charge in [0.15, 0.2) is 0 Å². The average molecular weight is 236 g/mol. The lowest BCUT2D eigenvalue weighted by Gasteiger charge is -2.18. The molecule has 0 saturated heterocycles. The van der Waals surface area contributed by atoms with Crippen molar-refractivity contribution in [2.24, 2.45) is 0 Å². The van der Waals surface area contributed by atoms with Crippen LogP contribution in [0.3, 0.4) is 0 Å². The molecule has 0 rings (SSSR count). The molecule has 86 valence electrons. The molecule has 0 radical (unpaired) electrons. The molecular weight excluding hydrogens is 223 g/mol. The predicted molar refractivity (Wildman–Crippen MR) is 47.9 cm³/mol. The summed E-state index contributed by atoms with van der Waals surface area (Å²) in [5.41, 5.74) is 0. The molecule has 0 unspecified atom stereocenters. The molecule has 0 aliphatic rings. The number of hydrogen-bond acceptors (Lipinski definition) is 1. The van der Waals surface area contributed by atoms with Crippen molar-refractivity contribution in [3.8, 4) is 0 Å². The standard InChI is InChI=1S/C8H13F5S/c1-2-3-4-5-14-6-7(9,10)8(11,12)13/h2-6H2,1H3. The van der Waals surface area contributed by atoms with Crippen molar-refractivity contribution in [1.82, 2.24) is 0 Å². The molecule has 0 bridgehead atoms. The molecule has 0 aromatic heterocycles. The van der Waals surface area contributed by atoms with Crippen molar-refractivity contribution in [3.63, 3.8) is 0 Å². The fourth-order valence-electron chi connectivity index (χ4n) is 0.736. The first-order chi connectivity index (χ1) is 6.31. The highest BCUT2D eigenvalue weighted by molar-refractivity contribution is 7.99. The summed E-state index contributed by atoms with van der Waals surface area (Å²) < 4.78 is 59.5. The van der Waals surface area contributed by atoms with Crippen LogP contribution < -0.4 is 0 Å². The molecule has 14 heavy (non-hydrogen) atoms. The molecule has 0 nitrogen and oxygen atoms in total. The van der Waals surface area contributed by atoms with Crippen LogP contribution in [0.5, 0.6) is 0 Å². The topological polar surface area (TPSA) is 0 Å². The van der Waals surface area contributed by atoms with Crippen molar-refractivity contribution in [1.29, 1.82) is 0 Å². The molecule has 0 aromatic carbocycles. The third-order valence-electron chi connectivity index (χ3n) is 1.59. The van der Waals surface area contributed by atoms with Crippen LogP contribution in [0.25, 0.3) is 0 Å². The van der Waals surface area contributed by atoms with Gasteiger partial charge in [-0.3, -0.25) is 0 Å². The molecule has 0 saturated carbocycles. The van der Waals surface area contributed by atoms with Gasteiger partial charge in [0.1, 0.15) is 0 Å². The van der Waals surface area contributed by atoms with E-state index in [1.54, 1.807) is 0 Å². The second-order valence-corrected chi connectivity index (χ2v) is 4.07. The summed E-state index contributed by atoms with van der Waals surface area (Å²) in [5.74, 6) is -5.36. The third-order valence-corrected chi connectivity index (χ3v) is 2.73. The van der Waals surface area contributed by atoms with Gasteiger partial charge in [0, 0.05) is 0 Å². The number of alkyl halides is 5. The Morgan fingerprint density at radius 1 is 1.00 bits per heavy atom. The highest BCUT2D eigenvalue weighted by Crippen LogP contribution is 2.37. The van der Waals surface area contributed by atoms with Crippen LogP contribution in [0.1, 0.15) is 26.2 Å². The van der Waals surface area contributed by atoms with Gasteiger partial charge in [-0.15, -0.1) is 0 Å². The molecule has 6 heteroatoms. The van der Waals surface area contributed by atoms with Gasteiger partial charge in [-0.1, -0.05) is 19.8 Å². The fraction of sp³-hybridized carbons (Fsp3) is 1.00. The molecule has 0 aromatic rings. The first-order valence-corrected chi connectivity index (χ1v) is 5.49. The van der Waals surface area contributed by atoms with Gasteiger partial charge in [0.05, 0.1) is 5.75 Å². The Hall–Kier alpha value is -0.0000000000000000555. The van der Waals surface area contributed by atoms with E-state index < -0.39 is 17.9 Å². The van der Waals surface area contributed by atoms with E-state index in [1.807, 2.05) is 6.92 Å². The van der Waals surface area contributed by atoms with E-state index >= 15 is 0 Å². The molecule has 0 aliphatic carbocycles. The Balaban J connectivity index is 3.67. The largest absolute Gasteiger partial charge is 0.454 e. The quantitative estimate of drug-likeness (QED) is 0.494. The second-order valence-electron chi connectivity index (χ2n) is 2.96. The maximum absolute atomic E-state index is 12.3. The lowest BCUT2D eigenvalue weighted by molar-refractivity contribution is -0.271. The zero-order valence-corrected chi connectivity index (χ0v) is 8.65. The smallest absolute Gasteiger partial charge is 0.195 e. The highest BCUT2D eigenvalue weighted by Gasteiger charge is 2.56. The number of rotatable bonds is 6. The van der Waals surface area contributed by atoms with E-state index in [4.69, 9.17) is 0 Å². The Morgan fingerprint density at radius 3 is 2.00 bits per heavy atom. The summed E-state index contributed by atoms with van der Waals surface area (Å²) in [6.45, 7) is 1.94. The van der Waals surface area contributed by atoms with Gasteiger partial charge in [0.2, 0.25) is 0 Å². The zero-order chi connectivity index (χ0) is 11.2. The van der Waals surface area contributed by atoms with Gasteiger partial charge in [0.25, 0.3) is 0 Å². The van der Waals surface area contributed by atoms with E-state index in [9.17, 15) is 22.0 Å². The highest BCUT2D eigenvalue weighted by atomic mass is 32.2. The normalized spacial score (nSPS) is 13.3. The van der Waals surface area contributed by atoms with Gasteiger partial charge in [-0.2, -0.15) is 33.7 Å². The van der Waals surface area contributed by atoms with Crippen molar-refractivity contribution in [3.05, 3.63) is 0 Å². The summed E-state index contributed by atoms with van der Waals surface area (Å²) in [7, 11) is 0. The van der Waals surface area contributed by atoms with Gasteiger partial charge >= 0.3 is 12.1 Å². The van der Waals surface area contributed by atoms with E-state index in [1.165, 1.54) is 0 Å². The third kappa shape index (κ3) is 5.02. The maximum Gasteiger partial charge on any atom is 0.454 e. The van der Waals surface area contributed by atoms with E-state index in [0.29, 0.717) is 23.9 Å². The summed E-state index contributed by atoms with van der Waals surface area (Å²) in [5, 5.41) is 0.